The molecule has 9 nitrogen and oxygen atoms in total. The van der Waals surface area contributed by atoms with Crippen molar-refractivity contribution < 1.29 is 13.9 Å². The van der Waals surface area contributed by atoms with E-state index in [1.807, 2.05) is 0 Å². The fraction of sp³-hybridized carbons (Fsp3) is 0.500. The molecule has 3 aromatic rings. The molecule has 0 spiro atoms. The number of primary amides is 1. The molecule has 170 valence electrons. The Morgan fingerprint density at radius 1 is 1.22 bits per heavy atom. The minimum absolute atomic E-state index is 0.231. The first-order chi connectivity index (χ1) is 15.5. The lowest BCUT2D eigenvalue weighted by molar-refractivity contribution is -0.0393. The number of carbonyl (C=O) groups excluding carboxylic acids is 1. The van der Waals surface area contributed by atoms with E-state index in [9.17, 15) is 9.18 Å². The lowest BCUT2D eigenvalue weighted by Crippen LogP contribution is -2.29. The number of likely N-dealkylation sites (N-methyl/N-ethyl adjacent to an activating group) is 1. The third-order valence-corrected chi connectivity index (χ3v) is 6.28. The number of amides is 1. The van der Waals surface area contributed by atoms with Gasteiger partial charge in [0.1, 0.15) is 17.7 Å². The van der Waals surface area contributed by atoms with E-state index in [0.717, 1.165) is 51.9 Å². The number of aromatic nitrogens is 4. The van der Waals surface area contributed by atoms with Gasteiger partial charge in [-0.05, 0) is 45.3 Å². The summed E-state index contributed by atoms with van der Waals surface area (Å²) in [6.45, 7) is 4.10. The summed E-state index contributed by atoms with van der Waals surface area (Å²) in [5.41, 5.74) is 7.94. The average molecular weight is 442 g/mol. The minimum atomic E-state index is -0.594. The molecule has 32 heavy (non-hydrogen) atoms. The lowest BCUT2D eigenvalue weighted by Gasteiger charge is -2.23. The van der Waals surface area contributed by atoms with Crippen molar-refractivity contribution in [3.05, 3.63) is 29.7 Å². The van der Waals surface area contributed by atoms with E-state index in [1.165, 1.54) is 6.07 Å². The van der Waals surface area contributed by atoms with Crippen LogP contribution in [0.3, 0.4) is 0 Å². The summed E-state index contributed by atoms with van der Waals surface area (Å²) < 4.78 is 22.4. The minimum Gasteiger partial charge on any atom is -0.368 e. The second kappa shape index (κ2) is 8.51. The molecule has 5 rings (SSSR count). The Labute approximate surface area is 185 Å². The van der Waals surface area contributed by atoms with Gasteiger partial charge in [-0.15, -0.1) is 0 Å². The molecule has 0 bridgehead atoms. The summed E-state index contributed by atoms with van der Waals surface area (Å²) in [6.07, 6.45) is 5.22. The number of anilines is 1. The van der Waals surface area contributed by atoms with E-state index in [0.29, 0.717) is 34.8 Å². The van der Waals surface area contributed by atoms with Crippen LogP contribution in [0.4, 0.5) is 10.1 Å². The molecule has 2 aliphatic rings. The number of halogens is 1. The maximum atomic E-state index is 15.0. The zero-order valence-electron chi connectivity index (χ0n) is 18.2. The van der Waals surface area contributed by atoms with Crippen molar-refractivity contribution in [2.45, 2.75) is 31.9 Å². The predicted octanol–water partition coefficient (Wildman–Crippen LogP) is 2.51. The molecular formula is C22H28FN7O2. The first-order valence-electron chi connectivity index (χ1n) is 11.1. The van der Waals surface area contributed by atoms with Gasteiger partial charge >= 0.3 is 0 Å². The summed E-state index contributed by atoms with van der Waals surface area (Å²) in [7, 11) is 2.08. The summed E-state index contributed by atoms with van der Waals surface area (Å²) in [5.74, 6) is -0.519. The van der Waals surface area contributed by atoms with Crippen LogP contribution < -0.4 is 10.6 Å². The smallest absolute Gasteiger partial charge is 0.252 e. The normalized spacial score (nSPS) is 20.6. The van der Waals surface area contributed by atoms with Gasteiger partial charge in [0.2, 0.25) is 0 Å². The van der Waals surface area contributed by atoms with Gasteiger partial charge in [-0.1, -0.05) is 0 Å². The number of fused-ring (bicyclic) bond motifs is 1. The number of benzene rings is 1. The van der Waals surface area contributed by atoms with Crippen LogP contribution in [0.1, 0.15) is 42.3 Å². The molecule has 1 atom stereocenters. The van der Waals surface area contributed by atoms with Crippen molar-refractivity contribution in [3.63, 3.8) is 0 Å². The Bertz CT molecular complexity index is 1130. The molecule has 3 N–H and O–H groups in total. The van der Waals surface area contributed by atoms with E-state index >= 15 is 0 Å². The maximum absolute atomic E-state index is 15.0. The van der Waals surface area contributed by atoms with E-state index in [4.69, 9.17) is 10.5 Å². The molecule has 10 heteroatoms. The first-order valence-corrected chi connectivity index (χ1v) is 11.1. The number of carbonyl (C=O) groups is 1. The van der Waals surface area contributed by atoms with E-state index in [1.54, 1.807) is 16.9 Å². The van der Waals surface area contributed by atoms with Crippen LogP contribution in [-0.2, 0) is 4.74 Å². The molecule has 2 saturated heterocycles. The van der Waals surface area contributed by atoms with Crippen molar-refractivity contribution in [2.24, 2.45) is 5.73 Å². The zero-order chi connectivity index (χ0) is 22.2. The quantitative estimate of drug-likeness (QED) is 0.645. The molecule has 2 aliphatic heterocycles. The monoisotopic (exact) mass is 441 g/mol. The Balaban J connectivity index is 1.51. The fourth-order valence-electron chi connectivity index (χ4n) is 4.49. The standard InChI is InChI=1S/C22H28FN7O2/c1-28-6-4-7-29(9-8-28)18-12-17-16(11-15(18)23)25-22(26-17)20-14(21(24)31)13-30(27-20)19-5-2-3-10-32-19/h11-13,19H,2-10H2,1H3,(H2,24,31)(H,25,26). The van der Waals surface area contributed by atoms with Gasteiger partial charge < -0.3 is 25.3 Å². The lowest BCUT2D eigenvalue weighted by atomic mass is 10.2. The SMILES string of the molecule is CN1CCCN(c2cc3[nH]c(-c4nn(C5CCCCO5)cc4C(N)=O)nc3cc2F)CC1. The Hall–Kier alpha value is -2.98. The van der Waals surface area contributed by atoms with Gasteiger partial charge in [-0.2, -0.15) is 5.10 Å². The zero-order valence-corrected chi connectivity index (χ0v) is 18.2. The largest absolute Gasteiger partial charge is 0.368 e. The molecule has 1 aromatic carbocycles. The number of nitrogens with one attached hydrogen (secondary N) is 1. The fourth-order valence-corrected chi connectivity index (χ4v) is 4.49. The first kappa shape index (κ1) is 20.9. The Morgan fingerprint density at radius 3 is 2.88 bits per heavy atom. The molecule has 0 aliphatic carbocycles. The van der Waals surface area contributed by atoms with Crippen molar-refractivity contribution >= 4 is 22.6 Å². The second-order valence-electron chi connectivity index (χ2n) is 8.61. The summed E-state index contributed by atoms with van der Waals surface area (Å²) >= 11 is 0. The van der Waals surface area contributed by atoms with Gasteiger partial charge in [-0.25, -0.2) is 14.1 Å². The highest BCUT2D eigenvalue weighted by molar-refractivity contribution is 5.98. The summed E-state index contributed by atoms with van der Waals surface area (Å²) in [4.78, 5) is 24.2. The van der Waals surface area contributed by atoms with Crippen LogP contribution in [0.25, 0.3) is 22.6 Å². The van der Waals surface area contributed by atoms with E-state index in [2.05, 4.69) is 31.9 Å². The van der Waals surface area contributed by atoms with Crippen molar-refractivity contribution in [3.8, 4) is 11.5 Å². The Kier molecular flexibility index (Phi) is 5.56. The number of ether oxygens (including phenoxy) is 1. The van der Waals surface area contributed by atoms with Gasteiger partial charge in [0.25, 0.3) is 5.91 Å². The second-order valence-corrected chi connectivity index (χ2v) is 8.61. The van der Waals surface area contributed by atoms with Crippen LogP contribution in [0.15, 0.2) is 18.3 Å². The number of hydrogen-bond donors (Lipinski definition) is 2. The van der Waals surface area contributed by atoms with Crippen molar-refractivity contribution in [1.82, 2.24) is 24.6 Å². The van der Waals surface area contributed by atoms with Gasteiger partial charge in [0.15, 0.2) is 5.82 Å². The van der Waals surface area contributed by atoms with Gasteiger partial charge in [-0.3, -0.25) is 4.79 Å². The highest BCUT2D eigenvalue weighted by Gasteiger charge is 2.24. The van der Waals surface area contributed by atoms with Crippen LogP contribution in [-0.4, -0.2) is 70.4 Å². The number of nitrogens with zero attached hydrogens (tertiary/aromatic N) is 5. The number of imidazole rings is 1. The van der Waals surface area contributed by atoms with Crippen LogP contribution in [0.5, 0.6) is 0 Å². The molecular weight excluding hydrogens is 413 g/mol. The Morgan fingerprint density at radius 2 is 2.09 bits per heavy atom. The van der Waals surface area contributed by atoms with Crippen LogP contribution in [0.2, 0.25) is 0 Å². The third kappa shape index (κ3) is 3.95. The van der Waals surface area contributed by atoms with Gasteiger partial charge in [0.05, 0.1) is 22.3 Å². The maximum Gasteiger partial charge on any atom is 0.252 e. The molecule has 0 radical (unpaired) electrons. The highest BCUT2D eigenvalue weighted by atomic mass is 19.1. The molecule has 1 amide bonds. The predicted molar refractivity (Wildman–Crippen MR) is 119 cm³/mol. The number of hydrogen-bond acceptors (Lipinski definition) is 6. The summed E-state index contributed by atoms with van der Waals surface area (Å²) in [5, 5.41) is 4.56. The highest BCUT2D eigenvalue weighted by Crippen LogP contribution is 2.30. The van der Waals surface area contributed by atoms with Crippen molar-refractivity contribution in [1.29, 1.82) is 0 Å². The molecule has 2 fully saturated rings. The number of aromatic amines is 1. The van der Waals surface area contributed by atoms with E-state index in [-0.39, 0.29) is 17.6 Å². The number of rotatable bonds is 4. The molecule has 2 aromatic heterocycles. The number of H-pyrrole nitrogens is 1. The third-order valence-electron chi connectivity index (χ3n) is 6.28. The molecule has 1 unspecified atom stereocenters. The molecule has 0 saturated carbocycles. The van der Waals surface area contributed by atoms with Gasteiger partial charge in [0, 0.05) is 38.5 Å². The number of nitrogens with two attached hydrogens (primary N) is 1. The molecule has 4 heterocycles. The topological polar surface area (TPSA) is 105 Å². The summed E-state index contributed by atoms with van der Waals surface area (Å²) in [6, 6.07) is 3.22. The van der Waals surface area contributed by atoms with E-state index < -0.39 is 5.91 Å². The van der Waals surface area contributed by atoms with Crippen LogP contribution >= 0.6 is 0 Å². The van der Waals surface area contributed by atoms with Crippen LogP contribution in [0, 0.1) is 5.82 Å². The van der Waals surface area contributed by atoms with Crippen molar-refractivity contribution in [2.75, 3.05) is 44.7 Å². The average Bonchev–Trinajstić information content (AvgIpc) is 3.34.